The first kappa shape index (κ1) is 24.0. The smallest absolute Gasteiger partial charge is 0.311 e. The zero-order chi connectivity index (χ0) is 21.9. The highest BCUT2D eigenvalue weighted by atomic mass is 32.1. The van der Waals surface area contributed by atoms with Gasteiger partial charge in [-0.2, -0.15) is 5.10 Å². The molecular formula is C23H34N4O2S. The zero-order valence-corrected chi connectivity index (χ0v) is 19.5. The molecule has 1 heterocycles. The summed E-state index contributed by atoms with van der Waals surface area (Å²) in [6, 6.07) is 8.49. The number of thiazole rings is 1. The summed E-state index contributed by atoms with van der Waals surface area (Å²) in [7, 11) is 0. The quantitative estimate of drug-likeness (QED) is 0.297. The van der Waals surface area contributed by atoms with Crippen molar-refractivity contribution >= 4 is 28.7 Å². The average Bonchev–Trinajstić information content (AvgIpc) is 3.09. The van der Waals surface area contributed by atoms with E-state index in [1.54, 1.807) is 13.1 Å². The highest BCUT2D eigenvalue weighted by Gasteiger charge is 2.10. The van der Waals surface area contributed by atoms with Crippen molar-refractivity contribution in [3.63, 3.8) is 0 Å². The number of hydrogen-bond acceptors (Lipinski definition) is 7. The third-order valence-corrected chi connectivity index (χ3v) is 4.98. The second-order valence-corrected chi connectivity index (χ2v) is 9.08. The Kier molecular flexibility index (Phi) is 9.97. The van der Waals surface area contributed by atoms with Gasteiger partial charge in [-0.15, -0.1) is 11.3 Å². The predicted octanol–water partition coefficient (Wildman–Crippen LogP) is 4.81. The number of ether oxygens (including phenoxy) is 1. The van der Waals surface area contributed by atoms with E-state index in [1.807, 2.05) is 5.38 Å². The van der Waals surface area contributed by atoms with Crippen LogP contribution in [0.25, 0.3) is 0 Å². The fourth-order valence-corrected chi connectivity index (χ4v) is 3.82. The molecule has 0 bridgehead atoms. The lowest BCUT2D eigenvalue weighted by Gasteiger charge is -2.26. The van der Waals surface area contributed by atoms with Gasteiger partial charge in [-0.3, -0.25) is 15.1 Å². The fourth-order valence-electron chi connectivity index (χ4n) is 3.17. The standard InChI is InChI=1S/C23H34N4O2S/c1-6-29-22(28)11-21-16-30-23(25-21)26-24-12-19-7-9-20(10-8-19)15-27(13-17(2)3)14-18(4)5/h7-10,12,16-18H,6,11,13-15H2,1-5H3,(H,25,26). The summed E-state index contributed by atoms with van der Waals surface area (Å²) < 4.78 is 4.94. The molecule has 0 unspecified atom stereocenters. The van der Waals surface area contributed by atoms with Gasteiger partial charge in [0, 0.05) is 25.0 Å². The van der Waals surface area contributed by atoms with Gasteiger partial charge in [0.15, 0.2) is 0 Å². The van der Waals surface area contributed by atoms with Gasteiger partial charge in [0.2, 0.25) is 5.13 Å². The van der Waals surface area contributed by atoms with E-state index in [9.17, 15) is 4.79 Å². The molecule has 6 nitrogen and oxygen atoms in total. The molecule has 0 atom stereocenters. The predicted molar refractivity (Wildman–Crippen MR) is 125 cm³/mol. The van der Waals surface area contributed by atoms with Crippen molar-refractivity contribution in [1.29, 1.82) is 0 Å². The number of rotatable bonds is 12. The first-order valence-electron chi connectivity index (χ1n) is 10.6. The van der Waals surface area contributed by atoms with Crippen LogP contribution in [0.15, 0.2) is 34.7 Å². The van der Waals surface area contributed by atoms with Crippen LogP contribution in [0.4, 0.5) is 5.13 Å². The number of aromatic nitrogens is 1. The van der Waals surface area contributed by atoms with Crippen molar-refractivity contribution in [3.05, 3.63) is 46.5 Å². The maximum atomic E-state index is 11.5. The zero-order valence-electron chi connectivity index (χ0n) is 18.7. The number of benzene rings is 1. The number of hydrazone groups is 1. The minimum atomic E-state index is -0.265. The van der Waals surface area contributed by atoms with E-state index in [1.165, 1.54) is 16.9 Å². The van der Waals surface area contributed by atoms with Crippen molar-refractivity contribution in [1.82, 2.24) is 9.88 Å². The summed E-state index contributed by atoms with van der Waals surface area (Å²) in [5.74, 6) is 1.05. The molecule has 2 aromatic rings. The van der Waals surface area contributed by atoms with Crippen LogP contribution in [0.5, 0.6) is 0 Å². The molecule has 1 aromatic heterocycles. The van der Waals surface area contributed by atoms with Gasteiger partial charge >= 0.3 is 5.97 Å². The van der Waals surface area contributed by atoms with Crippen LogP contribution in [0.3, 0.4) is 0 Å². The van der Waals surface area contributed by atoms with E-state index in [-0.39, 0.29) is 12.4 Å². The summed E-state index contributed by atoms with van der Waals surface area (Å²) in [6.45, 7) is 14.4. The number of carbonyl (C=O) groups excluding carboxylic acids is 1. The highest BCUT2D eigenvalue weighted by molar-refractivity contribution is 7.13. The van der Waals surface area contributed by atoms with Crippen molar-refractivity contribution < 1.29 is 9.53 Å². The first-order chi connectivity index (χ1) is 14.4. The molecule has 30 heavy (non-hydrogen) atoms. The van der Waals surface area contributed by atoms with Crippen LogP contribution < -0.4 is 5.43 Å². The Morgan fingerprint density at radius 1 is 1.20 bits per heavy atom. The molecule has 0 amide bonds. The number of nitrogens with zero attached hydrogens (tertiary/aromatic N) is 3. The SMILES string of the molecule is CCOC(=O)Cc1csc(NN=Cc2ccc(CN(CC(C)C)CC(C)C)cc2)n1. The summed E-state index contributed by atoms with van der Waals surface area (Å²) in [4.78, 5) is 18.4. The molecular weight excluding hydrogens is 396 g/mol. The number of anilines is 1. The summed E-state index contributed by atoms with van der Waals surface area (Å²) in [5, 5.41) is 6.75. The lowest BCUT2D eigenvalue weighted by atomic mass is 10.1. The van der Waals surface area contributed by atoms with Gasteiger partial charge in [0.25, 0.3) is 0 Å². The number of nitrogens with one attached hydrogen (secondary N) is 1. The lowest BCUT2D eigenvalue weighted by molar-refractivity contribution is -0.142. The molecule has 2 rings (SSSR count). The second-order valence-electron chi connectivity index (χ2n) is 8.22. The van der Waals surface area contributed by atoms with Crippen LogP contribution in [0.2, 0.25) is 0 Å². The van der Waals surface area contributed by atoms with E-state index < -0.39 is 0 Å². The Morgan fingerprint density at radius 3 is 2.47 bits per heavy atom. The van der Waals surface area contributed by atoms with Crippen molar-refractivity contribution in [2.75, 3.05) is 25.1 Å². The molecule has 0 fully saturated rings. The van der Waals surface area contributed by atoms with E-state index in [0.29, 0.717) is 29.3 Å². The first-order valence-corrected chi connectivity index (χ1v) is 11.4. The molecule has 0 aliphatic rings. The van der Waals surface area contributed by atoms with E-state index in [0.717, 1.165) is 25.2 Å². The maximum absolute atomic E-state index is 11.5. The molecule has 164 valence electrons. The molecule has 1 aromatic carbocycles. The molecule has 0 aliphatic carbocycles. The average molecular weight is 431 g/mol. The van der Waals surface area contributed by atoms with Crippen molar-refractivity contribution in [2.45, 2.75) is 47.6 Å². The topological polar surface area (TPSA) is 66.8 Å². The Balaban J connectivity index is 1.87. The monoisotopic (exact) mass is 430 g/mol. The van der Waals surface area contributed by atoms with E-state index >= 15 is 0 Å². The summed E-state index contributed by atoms with van der Waals surface area (Å²) >= 11 is 1.41. The number of hydrogen-bond donors (Lipinski definition) is 1. The minimum Gasteiger partial charge on any atom is -0.466 e. The van der Waals surface area contributed by atoms with Gasteiger partial charge < -0.3 is 4.74 Å². The van der Waals surface area contributed by atoms with Crippen molar-refractivity contribution in [3.8, 4) is 0 Å². The molecule has 0 spiro atoms. The summed E-state index contributed by atoms with van der Waals surface area (Å²) in [5.41, 5.74) is 5.95. The maximum Gasteiger partial charge on any atom is 0.311 e. The molecule has 0 saturated carbocycles. The van der Waals surface area contributed by atoms with Crippen LogP contribution >= 0.6 is 11.3 Å². The van der Waals surface area contributed by atoms with Crippen LogP contribution in [0, 0.1) is 11.8 Å². The van der Waals surface area contributed by atoms with Gasteiger partial charge in [-0.05, 0) is 29.9 Å². The number of carbonyl (C=O) groups is 1. The van der Waals surface area contributed by atoms with Crippen molar-refractivity contribution in [2.24, 2.45) is 16.9 Å². The minimum absolute atomic E-state index is 0.182. The highest BCUT2D eigenvalue weighted by Crippen LogP contribution is 2.16. The van der Waals surface area contributed by atoms with Crippen LogP contribution in [0.1, 0.15) is 51.4 Å². The molecule has 7 heteroatoms. The van der Waals surface area contributed by atoms with Gasteiger partial charge in [0.1, 0.15) is 0 Å². The van der Waals surface area contributed by atoms with Crippen LogP contribution in [-0.2, 0) is 22.5 Å². The normalized spacial score (nSPS) is 11.7. The van der Waals surface area contributed by atoms with Gasteiger partial charge in [-0.25, -0.2) is 4.98 Å². The lowest BCUT2D eigenvalue weighted by Crippen LogP contribution is -2.30. The number of esters is 1. The third-order valence-electron chi connectivity index (χ3n) is 4.19. The Labute approximate surface area is 184 Å². The fraction of sp³-hybridized carbons (Fsp3) is 0.522. The molecule has 0 radical (unpaired) electrons. The summed E-state index contributed by atoms with van der Waals surface area (Å²) in [6.07, 6.45) is 1.96. The van der Waals surface area contributed by atoms with E-state index in [2.05, 4.69) is 72.4 Å². The Bertz CT molecular complexity index is 790. The molecule has 0 aliphatic heterocycles. The Morgan fingerprint density at radius 2 is 1.87 bits per heavy atom. The molecule has 1 N–H and O–H groups in total. The largest absolute Gasteiger partial charge is 0.466 e. The molecule has 0 saturated heterocycles. The second kappa shape index (κ2) is 12.4. The van der Waals surface area contributed by atoms with Gasteiger partial charge in [-0.1, -0.05) is 52.0 Å². The van der Waals surface area contributed by atoms with Crippen LogP contribution in [-0.4, -0.2) is 41.8 Å². The Hall–Kier alpha value is -2.25. The van der Waals surface area contributed by atoms with Gasteiger partial charge in [0.05, 0.1) is 24.9 Å². The van der Waals surface area contributed by atoms with E-state index in [4.69, 9.17) is 4.74 Å². The third kappa shape index (κ3) is 9.05.